The number of unbranched alkanes of at least 4 members (excludes halogenated alkanes) is 10. The fourth-order valence-corrected chi connectivity index (χ4v) is 3.57. The van der Waals surface area contributed by atoms with Gasteiger partial charge in [0.05, 0.1) is 0 Å². The van der Waals surface area contributed by atoms with E-state index < -0.39 is 0 Å². The van der Waals surface area contributed by atoms with Gasteiger partial charge in [0.1, 0.15) is 0 Å². The number of aryl methyl sites for hydroxylation is 1. The summed E-state index contributed by atoms with van der Waals surface area (Å²) in [6, 6.07) is 6.46. The minimum absolute atomic E-state index is 1.18. The van der Waals surface area contributed by atoms with Crippen molar-refractivity contribution in [1.29, 1.82) is 0 Å². The molecule has 0 fully saturated rings. The van der Waals surface area contributed by atoms with Crippen molar-refractivity contribution in [2.24, 2.45) is 0 Å². The van der Waals surface area contributed by atoms with Gasteiger partial charge in [-0.15, -0.1) is 0 Å². The second-order valence-electron chi connectivity index (χ2n) is 6.02. The second kappa shape index (κ2) is 12.7. The van der Waals surface area contributed by atoms with Gasteiger partial charge in [-0.05, 0) is 36.6 Å². The van der Waals surface area contributed by atoms with E-state index in [0.29, 0.717) is 0 Å². The van der Waals surface area contributed by atoms with Crippen LogP contribution in [-0.2, 0) is 6.42 Å². The fourth-order valence-electron chi connectivity index (χ4n) is 2.71. The molecule has 0 aromatic heterocycles. The summed E-state index contributed by atoms with van der Waals surface area (Å²) in [6.07, 6.45) is 16.7. The first-order valence-corrected chi connectivity index (χ1v) is 10.3. The highest BCUT2D eigenvalue weighted by Crippen LogP contribution is 2.23. The van der Waals surface area contributed by atoms with Crippen LogP contribution < -0.4 is 0 Å². The van der Waals surface area contributed by atoms with Crippen molar-refractivity contribution in [1.82, 2.24) is 0 Å². The summed E-state index contributed by atoms with van der Waals surface area (Å²) in [5.74, 6) is 0. The Balaban J connectivity index is 1.94. The van der Waals surface area contributed by atoms with E-state index in [9.17, 15) is 0 Å². The molecular formula is C19H30Br2. The van der Waals surface area contributed by atoms with E-state index in [2.05, 4.69) is 57.0 Å². The quantitative estimate of drug-likeness (QED) is 0.301. The van der Waals surface area contributed by atoms with Crippen molar-refractivity contribution in [2.75, 3.05) is 0 Å². The van der Waals surface area contributed by atoms with Gasteiger partial charge in [-0.1, -0.05) is 103 Å². The summed E-state index contributed by atoms with van der Waals surface area (Å²) >= 11 is 7.19. The van der Waals surface area contributed by atoms with Crippen molar-refractivity contribution in [3.63, 3.8) is 0 Å². The maximum atomic E-state index is 3.64. The molecule has 0 radical (unpaired) electrons. The van der Waals surface area contributed by atoms with Gasteiger partial charge < -0.3 is 0 Å². The van der Waals surface area contributed by atoms with Gasteiger partial charge in [0.15, 0.2) is 0 Å². The van der Waals surface area contributed by atoms with Gasteiger partial charge in [-0.3, -0.25) is 0 Å². The molecule has 1 aromatic rings. The van der Waals surface area contributed by atoms with Crippen molar-refractivity contribution in [2.45, 2.75) is 84.0 Å². The molecule has 0 aliphatic rings. The predicted molar refractivity (Wildman–Crippen MR) is 102 cm³/mol. The molecular weight excluding hydrogens is 388 g/mol. The second-order valence-corrected chi connectivity index (χ2v) is 7.79. The number of benzene rings is 1. The molecule has 1 rings (SSSR count). The first kappa shape index (κ1) is 19.2. The van der Waals surface area contributed by atoms with Crippen LogP contribution in [0.4, 0.5) is 0 Å². The molecule has 0 aliphatic heterocycles. The van der Waals surface area contributed by atoms with Crippen LogP contribution in [0.5, 0.6) is 0 Å². The summed E-state index contributed by atoms with van der Waals surface area (Å²) in [5.41, 5.74) is 1.43. The average Bonchev–Trinajstić information content (AvgIpc) is 2.48. The lowest BCUT2D eigenvalue weighted by molar-refractivity contribution is 0.549. The molecule has 0 aliphatic carbocycles. The smallest absolute Gasteiger partial charge is 0.0208 e. The minimum atomic E-state index is 1.18. The lowest BCUT2D eigenvalue weighted by Crippen LogP contribution is -1.88. The Bertz CT molecular complexity index is 374. The highest BCUT2D eigenvalue weighted by atomic mass is 79.9. The van der Waals surface area contributed by atoms with E-state index in [1.54, 1.807) is 0 Å². The molecule has 120 valence electrons. The van der Waals surface area contributed by atoms with Crippen LogP contribution in [0.1, 0.15) is 83.1 Å². The van der Waals surface area contributed by atoms with E-state index in [1.165, 1.54) is 91.6 Å². The molecule has 0 spiro atoms. The van der Waals surface area contributed by atoms with Crippen molar-refractivity contribution in [3.8, 4) is 0 Å². The third-order valence-electron chi connectivity index (χ3n) is 4.06. The SMILES string of the molecule is CCCCCCCCCCCCCc1cc(Br)ccc1Br. The maximum Gasteiger partial charge on any atom is 0.0208 e. The average molecular weight is 418 g/mol. The first-order chi connectivity index (χ1) is 10.2. The maximum absolute atomic E-state index is 3.64. The molecule has 0 N–H and O–H groups in total. The third kappa shape index (κ3) is 9.73. The van der Waals surface area contributed by atoms with Gasteiger partial charge in [0.2, 0.25) is 0 Å². The van der Waals surface area contributed by atoms with Crippen LogP contribution in [0.15, 0.2) is 27.1 Å². The summed E-state index contributed by atoms with van der Waals surface area (Å²) < 4.78 is 2.43. The normalized spacial score (nSPS) is 11.0. The Kier molecular flexibility index (Phi) is 11.6. The molecule has 0 heterocycles. The summed E-state index contributed by atoms with van der Waals surface area (Å²) in [4.78, 5) is 0. The molecule has 0 nitrogen and oxygen atoms in total. The summed E-state index contributed by atoms with van der Waals surface area (Å²) in [5, 5.41) is 0. The molecule has 0 saturated carbocycles. The molecule has 21 heavy (non-hydrogen) atoms. The number of halogens is 2. The Morgan fingerprint density at radius 2 is 1.24 bits per heavy atom. The zero-order valence-corrected chi connectivity index (χ0v) is 16.6. The van der Waals surface area contributed by atoms with E-state index in [0.717, 1.165) is 0 Å². The topological polar surface area (TPSA) is 0 Å². The van der Waals surface area contributed by atoms with Crippen molar-refractivity contribution >= 4 is 31.9 Å². The monoisotopic (exact) mass is 416 g/mol. The molecule has 0 atom stereocenters. The van der Waals surface area contributed by atoms with Crippen LogP contribution in [0, 0.1) is 0 Å². The fraction of sp³-hybridized carbons (Fsp3) is 0.684. The molecule has 0 bridgehead atoms. The highest BCUT2D eigenvalue weighted by Gasteiger charge is 2.00. The van der Waals surface area contributed by atoms with Gasteiger partial charge in [-0.25, -0.2) is 0 Å². The van der Waals surface area contributed by atoms with Crippen LogP contribution in [0.2, 0.25) is 0 Å². The Morgan fingerprint density at radius 1 is 0.714 bits per heavy atom. The van der Waals surface area contributed by atoms with E-state index >= 15 is 0 Å². The number of hydrogen-bond donors (Lipinski definition) is 0. The van der Waals surface area contributed by atoms with Gasteiger partial charge in [0.25, 0.3) is 0 Å². The lowest BCUT2D eigenvalue weighted by atomic mass is 10.0. The Morgan fingerprint density at radius 3 is 1.81 bits per heavy atom. The zero-order chi connectivity index (χ0) is 15.3. The minimum Gasteiger partial charge on any atom is -0.0654 e. The van der Waals surface area contributed by atoms with Gasteiger partial charge in [-0.2, -0.15) is 0 Å². The van der Waals surface area contributed by atoms with Crippen LogP contribution in [0.3, 0.4) is 0 Å². The third-order valence-corrected chi connectivity index (χ3v) is 5.32. The summed E-state index contributed by atoms with van der Waals surface area (Å²) in [7, 11) is 0. The number of rotatable bonds is 12. The largest absolute Gasteiger partial charge is 0.0654 e. The van der Waals surface area contributed by atoms with Crippen LogP contribution >= 0.6 is 31.9 Å². The predicted octanol–water partition coefficient (Wildman–Crippen LogP) is 8.07. The van der Waals surface area contributed by atoms with Crippen molar-refractivity contribution < 1.29 is 0 Å². The first-order valence-electron chi connectivity index (χ1n) is 8.68. The lowest BCUT2D eigenvalue weighted by Gasteiger charge is -2.06. The van der Waals surface area contributed by atoms with Gasteiger partial charge in [0, 0.05) is 8.95 Å². The van der Waals surface area contributed by atoms with Gasteiger partial charge >= 0.3 is 0 Å². The standard InChI is InChI=1S/C19H30Br2/c1-2-3-4-5-6-7-8-9-10-11-12-13-17-16-18(20)14-15-19(17)21/h14-16H,2-13H2,1H3. The van der Waals surface area contributed by atoms with Crippen LogP contribution in [0.25, 0.3) is 0 Å². The molecule has 2 heteroatoms. The Hall–Kier alpha value is 0.180. The van der Waals surface area contributed by atoms with E-state index in [-0.39, 0.29) is 0 Å². The molecule has 0 saturated heterocycles. The highest BCUT2D eigenvalue weighted by molar-refractivity contribution is 9.11. The van der Waals surface area contributed by atoms with Crippen LogP contribution in [-0.4, -0.2) is 0 Å². The van der Waals surface area contributed by atoms with Crippen molar-refractivity contribution in [3.05, 3.63) is 32.7 Å². The zero-order valence-electron chi connectivity index (χ0n) is 13.5. The molecule has 0 amide bonds. The van der Waals surface area contributed by atoms with E-state index in [4.69, 9.17) is 0 Å². The molecule has 1 aromatic carbocycles. The van der Waals surface area contributed by atoms with E-state index in [1.807, 2.05) is 0 Å². The summed E-state index contributed by atoms with van der Waals surface area (Å²) in [6.45, 7) is 2.28. The number of hydrogen-bond acceptors (Lipinski definition) is 0. The Labute approximate surface area is 148 Å². The molecule has 0 unspecified atom stereocenters.